The first-order valence-electron chi connectivity index (χ1n) is 8.00. The Hall–Kier alpha value is -2.07. The van der Waals surface area contributed by atoms with Crippen LogP contribution in [0.1, 0.15) is 30.7 Å². The molecule has 2 aliphatic heterocycles. The summed E-state index contributed by atoms with van der Waals surface area (Å²) in [7, 11) is 1.71. The number of pyridine rings is 1. The molecule has 0 spiro atoms. The molecule has 4 N–H and O–H groups in total. The van der Waals surface area contributed by atoms with E-state index in [1.807, 2.05) is 6.07 Å². The Morgan fingerprint density at radius 3 is 2.60 bits per heavy atom. The van der Waals surface area contributed by atoms with E-state index in [4.69, 9.17) is 9.84 Å². The lowest BCUT2D eigenvalue weighted by Gasteiger charge is -2.35. The fourth-order valence-electron chi connectivity index (χ4n) is 3.37. The molecule has 9 nitrogen and oxygen atoms in total. The average Bonchev–Trinajstić information content (AvgIpc) is 2.92. The second kappa shape index (κ2) is 6.68. The van der Waals surface area contributed by atoms with E-state index in [0.717, 1.165) is 5.56 Å². The molecule has 2 saturated heterocycles. The summed E-state index contributed by atoms with van der Waals surface area (Å²) in [4.78, 5) is 24.6. The van der Waals surface area contributed by atoms with Gasteiger partial charge in [-0.2, -0.15) is 4.57 Å². The summed E-state index contributed by atoms with van der Waals surface area (Å²) >= 11 is 0. The summed E-state index contributed by atoms with van der Waals surface area (Å²) in [5.74, 6) is -1.39. The van der Waals surface area contributed by atoms with Gasteiger partial charge in [0, 0.05) is 25.1 Å². The number of likely N-dealkylation sites (tertiary alicyclic amines) is 1. The molecule has 1 amide bonds. The van der Waals surface area contributed by atoms with Gasteiger partial charge in [0.05, 0.1) is 6.04 Å². The van der Waals surface area contributed by atoms with Gasteiger partial charge in [0.1, 0.15) is 12.2 Å². The van der Waals surface area contributed by atoms with E-state index in [1.165, 1.54) is 4.57 Å². The van der Waals surface area contributed by atoms with Crippen molar-refractivity contribution in [3.63, 3.8) is 0 Å². The Bertz CT molecular complexity index is 682. The number of carboxylic acid groups (broad SMARTS) is 1. The lowest BCUT2D eigenvalue weighted by Crippen LogP contribution is -2.63. The number of aliphatic carboxylic acids is 1. The van der Waals surface area contributed by atoms with Crippen molar-refractivity contribution in [2.24, 2.45) is 0 Å². The SMILES string of the molecule is CN1C(=O)CC[C@H]1c1ccc[n+]([C@H]2O[C@@H](C(=O)O)[C@H](O)[C@@H](O)[C@@H]2O)c1. The number of carbonyl (C=O) groups excluding carboxylic acids is 1. The van der Waals surface area contributed by atoms with E-state index in [9.17, 15) is 24.9 Å². The van der Waals surface area contributed by atoms with Gasteiger partial charge >= 0.3 is 5.97 Å². The molecule has 0 radical (unpaired) electrons. The minimum atomic E-state index is -1.73. The molecule has 0 unspecified atom stereocenters. The normalized spacial score (nSPS) is 35.8. The minimum Gasteiger partial charge on any atom is -0.479 e. The third-order valence-corrected chi connectivity index (χ3v) is 4.85. The van der Waals surface area contributed by atoms with Crippen LogP contribution in [0, 0.1) is 0 Å². The number of aliphatic hydroxyl groups is 3. The van der Waals surface area contributed by atoms with Crippen LogP contribution < -0.4 is 4.57 Å². The Labute approximate surface area is 143 Å². The van der Waals surface area contributed by atoms with Gasteiger partial charge in [0.2, 0.25) is 5.91 Å². The highest BCUT2D eigenvalue weighted by Crippen LogP contribution is 2.31. The van der Waals surface area contributed by atoms with Crippen molar-refractivity contribution < 1.29 is 39.3 Å². The van der Waals surface area contributed by atoms with Crippen molar-refractivity contribution in [2.75, 3.05) is 7.05 Å². The fourth-order valence-corrected chi connectivity index (χ4v) is 3.37. The van der Waals surface area contributed by atoms with Crippen LogP contribution in [0.25, 0.3) is 0 Å². The molecule has 25 heavy (non-hydrogen) atoms. The average molecular weight is 353 g/mol. The van der Waals surface area contributed by atoms with Crippen LogP contribution in [-0.2, 0) is 14.3 Å². The highest BCUT2D eigenvalue weighted by Gasteiger charge is 2.51. The van der Waals surface area contributed by atoms with Gasteiger partial charge in [-0.15, -0.1) is 0 Å². The van der Waals surface area contributed by atoms with E-state index in [2.05, 4.69) is 0 Å². The fraction of sp³-hybridized carbons (Fsp3) is 0.562. The first kappa shape index (κ1) is 17.7. The zero-order valence-electron chi connectivity index (χ0n) is 13.6. The summed E-state index contributed by atoms with van der Waals surface area (Å²) in [5.41, 5.74) is 0.805. The van der Waals surface area contributed by atoms with Crippen LogP contribution in [0.4, 0.5) is 0 Å². The van der Waals surface area contributed by atoms with Gasteiger partial charge in [0.15, 0.2) is 24.6 Å². The number of aliphatic hydroxyl groups excluding tert-OH is 3. The molecule has 2 aliphatic rings. The van der Waals surface area contributed by atoms with Crippen molar-refractivity contribution in [3.05, 3.63) is 30.1 Å². The predicted molar refractivity (Wildman–Crippen MR) is 80.9 cm³/mol. The number of hydrogen-bond donors (Lipinski definition) is 4. The molecule has 3 heterocycles. The smallest absolute Gasteiger partial charge is 0.335 e. The van der Waals surface area contributed by atoms with Crippen LogP contribution in [0.5, 0.6) is 0 Å². The van der Waals surface area contributed by atoms with Gasteiger partial charge in [-0.05, 0) is 12.5 Å². The Morgan fingerprint density at radius 2 is 2.00 bits per heavy atom. The van der Waals surface area contributed by atoms with E-state index < -0.39 is 36.6 Å². The van der Waals surface area contributed by atoms with Crippen LogP contribution in [0.15, 0.2) is 24.5 Å². The second-order valence-electron chi connectivity index (χ2n) is 6.40. The highest BCUT2D eigenvalue weighted by molar-refractivity contribution is 5.78. The maximum Gasteiger partial charge on any atom is 0.335 e. The molecule has 9 heteroatoms. The second-order valence-corrected chi connectivity index (χ2v) is 6.40. The predicted octanol–water partition coefficient (Wildman–Crippen LogP) is -1.67. The monoisotopic (exact) mass is 353 g/mol. The molecule has 3 rings (SSSR count). The minimum absolute atomic E-state index is 0.0406. The zero-order valence-corrected chi connectivity index (χ0v) is 13.6. The molecule has 136 valence electrons. The number of carboxylic acids is 1. The third-order valence-electron chi connectivity index (χ3n) is 4.85. The molecule has 1 aromatic rings. The number of hydrogen-bond acceptors (Lipinski definition) is 6. The van der Waals surface area contributed by atoms with Crippen molar-refractivity contribution in [1.82, 2.24) is 4.90 Å². The summed E-state index contributed by atoms with van der Waals surface area (Å²) in [5, 5.41) is 39.0. The van der Waals surface area contributed by atoms with E-state index in [0.29, 0.717) is 12.8 Å². The van der Waals surface area contributed by atoms with Gasteiger partial charge in [0.25, 0.3) is 6.23 Å². The van der Waals surface area contributed by atoms with E-state index in [-0.39, 0.29) is 11.9 Å². The Balaban J connectivity index is 1.89. The number of amides is 1. The van der Waals surface area contributed by atoms with Crippen LogP contribution >= 0.6 is 0 Å². The third kappa shape index (κ3) is 3.11. The topological polar surface area (TPSA) is 131 Å². The molecule has 0 saturated carbocycles. The van der Waals surface area contributed by atoms with Gasteiger partial charge in [-0.3, -0.25) is 4.79 Å². The van der Waals surface area contributed by atoms with Crippen molar-refractivity contribution >= 4 is 11.9 Å². The number of rotatable bonds is 3. The van der Waals surface area contributed by atoms with Gasteiger partial charge in [-0.1, -0.05) is 0 Å². The Kier molecular flexibility index (Phi) is 4.74. The Morgan fingerprint density at radius 1 is 1.28 bits per heavy atom. The first-order valence-corrected chi connectivity index (χ1v) is 8.00. The van der Waals surface area contributed by atoms with Crippen molar-refractivity contribution in [2.45, 2.75) is 49.5 Å². The molecule has 0 aliphatic carbocycles. The quantitative estimate of drug-likeness (QED) is 0.478. The molecule has 2 fully saturated rings. The molecular formula is C16H21N2O7+. The van der Waals surface area contributed by atoms with Gasteiger partial charge < -0.3 is 30.1 Å². The van der Waals surface area contributed by atoms with Crippen molar-refractivity contribution in [1.29, 1.82) is 0 Å². The van der Waals surface area contributed by atoms with Crippen molar-refractivity contribution in [3.8, 4) is 0 Å². The summed E-state index contributed by atoms with van der Waals surface area (Å²) in [6.07, 6.45) is -3.41. The lowest BCUT2D eigenvalue weighted by atomic mass is 9.97. The van der Waals surface area contributed by atoms with Crippen LogP contribution in [-0.4, -0.2) is 68.7 Å². The zero-order chi connectivity index (χ0) is 18.3. The summed E-state index contributed by atoms with van der Waals surface area (Å²) in [6, 6.07) is 3.40. The maximum atomic E-state index is 11.7. The molecular weight excluding hydrogens is 332 g/mol. The van der Waals surface area contributed by atoms with Crippen LogP contribution in [0.3, 0.4) is 0 Å². The lowest BCUT2D eigenvalue weighted by molar-refractivity contribution is -0.777. The summed E-state index contributed by atoms with van der Waals surface area (Å²) < 4.78 is 6.76. The number of aromatic nitrogens is 1. The maximum absolute atomic E-state index is 11.7. The van der Waals surface area contributed by atoms with Crippen LogP contribution in [0.2, 0.25) is 0 Å². The van der Waals surface area contributed by atoms with Gasteiger partial charge in [-0.25, -0.2) is 4.79 Å². The number of ether oxygens (including phenoxy) is 1. The molecule has 0 bridgehead atoms. The van der Waals surface area contributed by atoms with E-state index in [1.54, 1.807) is 30.4 Å². The number of nitrogens with zero attached hydrogens (tertiary/aromatic N) is 2. The largest absolute Gasteiger partial charge is 0.479 e. The summed E-state index contributed by atoms with van der Waals surface area (Å²) in [6.45, 7) is 0. The van der Waals surface area contributed by atoms with E-state index >= 15 is 0 Å². The number of carbonyl (C=O) groups is 2. The molecule has 0 aromatic carbocycles. The highest BCUT2D eigenvalue weighted by atomic mass is 16.6. The first-order chi connectivity index (χ1) is 11.8. The standard InChI is InChI=1S/C16H20N2O7/c1-17-9(4-5-10(17)19)8-3-2-6-18(7-8)15-13(22)11(20)12(21)14(25-15)16(23)24/h2-3,6-7,9,11-15,20-22H,4-5H2,1H3/p+1/t9-,11+,12+,13-,14+,15-/m0/s1. The molecule has 1 aromatic heterocycles. The molecule has 6 atom stereocenters.